The zero-order valence-corrected chi connectivity index (χ0v) is 9.03. The van der Waals surface area contributed by atoms with Crippen molar-refractivity contribution in [1.82, 2.24) is 0 Å². The first-order valence-electron chi connectivity index (χ1n) is 5.01. The topological polar surface area (TPSA) is 17.1 Å². The Labute approximate surface area is 89.1 Å². The molecule has 0 radical (unpaired) electrons. The van der Waals surface area contributed by atoms with Crippen molar-refractivity contribution in [3.05, 3.63) is 33.8 Å². The Kier molecular flexibility index (Phi) is 2.60. The molecule has 0 amide bonds. The summed E-state index contributed by atoms with van der Waals surface area (Å²) in [5, 5.41) is 0.623. The largest absolute Gasteiger partial charge is 0.294 e. The lowest BCUT2D eigenvalue weighted by Crippen LogP contribution is -2.02. The van der Waals surface area contributed by atoms with E-state index in [1.165, 1.54) is 11.1 Å². The van der Waals surface area contributed by atoms with Gasteiger partial charge in [0.1, 0.15) is 0 Å². The van der Waals surface area contributed by atoms with Gasteiger partial charge in [0.15, 0.2) is 5.78 Å². The molecule has 1 aliphatic carbocycles. The van der Waals surface area contributed by atoms with E-state index in [4.69, 9.17) is 11.6 Å². The quantitative estimate of drug-likeness (QED) is 0.596. The van der Waals surface area contributed by atoms with Gasteiger partial charge in [-0.05, 0) is 43.4 Å². The van der Waals surface area contributed by atoms with Gasteiger partial charge >= 0.3 is 0 Å². The Morgan fingerprint density at radius 1 is 1.21 bits per heavy atom. The van der Waals surface area contributed by atoms with Crippen LogP contribution in [-0.2, 0) is 6.42 Å². The summed E-state index contributed by atoms with van der Waals surface area (Å²) in [6.07, 6.45) is 3.73. The molecule has 0 atom stereocenters. The van der Waals surface area contributed by atoms with E-state index in [2.05, 4.69) is 0 Å². The molecule has 14 heavy (non-hydrogen) atoms. The Morgan fingerprint density at radius 2 is 1.93 bits per heavy atom. The van der Waals surface area contributed by atoms with E-state index in [0.29, 0.717) is 11.4 Å². The van der Waals surface area contributed by atoms with Crippen molar-refractivity contribution >= 4 is 17.4 Å². The zero-order chi connectivity index (χ0) is 10.1. The highest BCUT2D eigenvalue weighted by atomic mass is 35.5. The van der Waals surface area contributed by atoms with Gasteiger partial charge in [0.2, 0.25) is 0 Å². The number of benzene rings is 1. The van der Waals surface area contributed by atoms with Crippen LogP contribution in [0.2, 0.25) is 5.02 Å². The molecular formula is C12H13ClO. The van der Waals surface area contributed by atoms with E-state index in [1.807, 2.05) is 19.1 Å². The highest BCUT2D eigenvalue weighted by Gasteiger charge is 2.19. The SMILES string of the molecule is Cc1ccc(Cl)c2c1CCCCC2=O. The summed E-state index contributed by atoms with van der Waals surface area (Å²) in [6, 6.07) is 3.83. The number of rotatable bonds is 0. The van der Waals surface area contributed by atoms with Crippen LogP contribution >= 0.6 is 11.6 Å². The average Bonchev–Trinajstić information content (AvgIpc) is 2.35. The summed E-state index contributed by atoms with van der Waals surface area (Å²) >= 11 is 6.06. The fourth-order valence-corrected chi connectivity index (χ4v) is 2.34. The molecule has 74 valence electrons. The number of Topliss-reactive ketones (excluding diaryl/α,β-unsaturated/α-hetero) is 1. The molecule has 0 spiro atoms. The van der Waals surface area contributed by atoms with Crippen LogP contribution < -0.4 is 0 Å². The van der Waals surface area contributed by atoms with E-state index in [1.54, 1.807) is 0 Å². The van der Waals surface area contributed by atoms with Crippen molar-refractivity contribution in [2.24, 2.45) is 0 Å². The molecule has 0 N–H and O–H groups in total. The first kappa shape index (κ1) is 9.72. The fraction of sp³-hybridized carbons (Fsp3) is 0.417. The number of aryl methyl sites for hydroxylation is 1. The van der Waals surface area contributed by atoms with Crippen LogP contribution in [-0.4, -0.2) is 5.78 Å². The van der Waals surface area contributed by atoms with Crippen LogP contribution in [0.15, 0.2) is 12.1 Å². The summed E-state index contributed by atoms with van der Waals surface area (Å²) in [7, 11) is 0. The average molecular weight is 209 g/mol. The van der Waals surface area contributed by atoms with Crippen molar-refractivity contribution in [2.45, 2.75) is 32.6 Å². The van der Waals surface area contributed by atoms with Gasteiger partial charge < -0.3 is 0 Å². The summed E-state index contributed by atoms with van der Waals surface area (Å²) in [4.78, 5) is 11.8. The van der Waals surface area contributed by atoms with Gasteiger partial charge in [-0.25, -0.2) is 0 Å². The second kappa shape index (κ2) is 3.74. The molecule has 2 heteroatoms. The van der Waals surface area contributed by atoms with Gasteiger partial charge in [0, 0.05) is 12.0 Å². The van der Waals surface area contributed by atoms with E-state index in [-0.39, 0.29) is 5.78 Å². The molecule has 2 rings (SSSR count). The highest BCUT2D eigenvalue weighted by molar-refractivity contribution is 6.34. The van der Waals surface area contributed by atoms with E-state index < -0.39 is 0 Å². The number of hydrogen-bond donors (Lipinski definition) is 0. The number of halogens is 1. The summed E-state index contributed by atoms with van der Waals surface area (Å²) in [5.41, 5.74) is 3.14. The minimum atomic E-state index is 0.214. The maximum atomic E-state index is 11.8. The number of carbonyl (C=O) groups excluding carboxylic acids is 1. The molecule has 1 aromatic rings. The number of carbonyl (C=O) groups is 1. The minimum Gasteiger partial charge on any atom is -0.294 e. The lowest BCUT2D eigenvalue weighted by molar-refractivity contribution is 0.0982. The van der Waals surface area contributed by atoms with E-state index >= 15 is 0 Å². The van der Waals surface area contributed by atoms with Crippen LogP contribution in [0.3, 0.4) is 0 Å². The van der Waals surface area contributed by atoms with Gasteiger partial charge in [0.25, 0.3) is 0 Å². The fourth-order valence-electron chi connectivity index (χ4n) is 2.06. The van der Waals surface area contributed by atoms with E-state index in [0.717, 1.165) is 24.8 Å². The van der Waals surface area contributed by atoms with E-state index in [9.17, 15) is 4.79 Å². The normalized spacial score (nSPS) is 16.3. The van der Waals surface area contributed by atoms with Gasteiger partial charge in [0.05, 0.1) is 5.02 Å². The predicted molar refractivity (Wildman–Crippen MR) is 58.1 cm³/mol. The molecular weight excluding hydrogens is 196 g/mol. The second-order valence-electron chi connectivity index (χ2n) is 3.85. The molecule has 0 aliphatic heterocycles. The second-order valence-corrected chi connectivity index (χ2v) is 4.26. The standard InChI is InChI=1S/C12H13ClO/c1-8-6-7-10(13)12-9(8)4-2-3-5-11(12)14/h6-7H,2-5H2,1H3. The van der Waals surface area contributed by atoms with Crippen LogP contribution in [0.1, 0.15) is 40.7 Å². The summed E-state index contributed by atoms with van der Waals surface area (Å²) in [5.74, 6) is 0.214. The van der Waals surface area contributed by atoms with Crippen LogP contribution in [0, 0.1) is 6.92 Å². The molecule has 0 saturated heterocycles. The third-order valence-corrected chi connectivity index (χ3v) is 3.17. The zero-order valence-electron chi connectivity index (χ0n) is 8.27. The van der Waals surface area contributed by atoms with Gasteiger partial charge in [-0.15, -0.1) is 0 Å². The molecule has 0 unspecified atom stereocenters. The monoisotopic (exact) mass is 208 g/mol. The molecule has 0 heterocycles. The third-order valence-electron chi connectivity index (χ3n) is 2.86. The van der Waals surface area contributed by atoms with Crippen LogP contribution in [0.4, 0.5) is 0 Å². The lowest BCUT2D eigenvalue weighted by Gasteiger charge is -2.09. The first-order valence-corrected chi connectivity index (χ1v) is 5.39. The first-order chi connectivity index (χ1) is 6.70. The van der Waals surface area contributed by atoms with Gasteiger partial charge in [-0.2, -0.15) is 0 Å². The van der Waals surface area contributed by atoms with Crippen molar-refractivity contribution in [2.75, 3.05) is 0 Å². The molecule has 1 nitrogen and oxygen atoms in total. The molecule has 1 aromatic carbocycles. The van der Waals surface area contributed by atoms with Gasteiger partial charge in [-0.1, -0.05) is 17.7 Å². The molecule has 0 saturated carbocycles. The van der Waals surface area contributed by atoms with Crippen molar-refractivity contribution < 1.29 is 4.79 Å². The Morgan fingerprint density at radius 3 is 2.71 bits per heavy atom. The number of ketones is 1. The molecule has 0 aromatic heterocycles. The van der Waals surface area contributed by atoms with Gasteiger partial charge in [-0.3, -0.25) is 4.79 Å². The number of fused-ring (bicyclic) bond motifs is 1. The maximum absolute atomic E-state index is 11.8. The predicted octanol–water partition coefficient (Wildman–Crippen LogP) is 3.56. The minimum absolute atomic E-state index is 0.214. The highest BCUT2D eigenvalue weighted by Crippen LogP contribution is 2.29. The Hall–Kier alpha value is -0.820. The molecule has 0 bridgehead atoms. The Bertz CT molecular complexity index is 382. The van der Waals surface area contributed by atoms with Crippen LogP contribution in [0.25, 0.3) is 0 Å². The third kappa shape index (κ3) is 1.57. The lowest BCUT2D eigenvalue weighted by atomic mass is 9.97. The van der Waals surface area contributed by atoms with Crippen molar-refractivity contribution in [3.8, 4) is 0 Å². The van der Waals surface area contributed by atoms with Crippen molar-refractivity contribution in [1.29, 1.82) is 0 Å². The molecule has 1 aliphatic rings. The van der Waals surface area contributed by atoms with Crippen LogP contribution in [0.5, 0.6) is 0 Å². The Balaban J connectivity index is 2.62. The molecule has 0 fully saturated rings. The summed E-state index contributed by atoms with van der Waals surface area (Å²) in [6.45, 7) is 2.05. The smallest absolute Gasteiger partial charge is 0.164 e. The maximum Gasteiger partial charge on any atom is 0.164 e. The van der Waals surface area contributed by atoms with Crippen molar-refractivity contribution in [3.63, 3.8) is 0 Å². The summed E-state index contributed by atoms with van der Waals surface area (Å²) < 4.78 is 0. The number of hydrogen-bond acceptors (Lipinski definition) is 1.